The summed E-state index contributed by atoms with van der Waals surface area (Å²) >= 11 is 0. The van der Waals surface area contributed by atoms with Crippen LogP contribution in [-0.4, -0.2) is 60.5 Å². The van der Waals surface area contributed by atoms with Gasteiger partial charge in [-0.25, -0.2) is 12.8 Å². The van der Waals surface area contributed by atoms with Gasteiger partial charge in [-0.05, 0) is 24.3 Å². The lowest BCUT2D eigenvalue weighted by atomic mass is 10.2. The van der Waals surface area contributed by atoms with Crippen molar-refractivity contribution in [3.63, 3.8) is 0 Å². The first kappa shape index (κ1) is 22.3. The van der Waals surface area contributed by atoms with E-state index in [2.05, 4.69) is 5.32 Å². The highest BCUT2D eigenvalue weighted by molar-refractivity contribution is 7.89. The molecular formula is C19H19FN4O6S. The fourth-order valence-corrected chi connectivity index (χ4v) is 4.58. The van der Waals surface area contributed by atoms with E-state index in [1.807, 2.05) is 0 Å². The Labute approximate surface area is 177 Å². The number of nitro benzene ring substituents is 1. The maximum atomic E-state index is 13.9. The third-order valence-corrected chi connectivity index (χ3v) is 6.72. The lowest BCUT2D eigenvalue weighted by Gasteiger charge is -2.33. The summed E-state index contributed by atoms with van der Waals surface area (Å²) in [6, 6.07) is 7.89. The average Bonchev–Trinajstić information content (AvgIpc) is 2.75. The second-order valence-corrected chi connectivity index (χ2v) is 8.75. The minimum atomic E-state index is -3.91. The average molecular weight is 450 g/mol. The van der Waals surface area contributed by atoms with Crippen molar-refractivity contribution in [1.29, 1.82) is 0 Å². The number of hydrogen-bond donors (Lipinski definition) is 1. The first-order valence-electron chi connectivity index (χ1n) is 9.20. The highest BCUT2D eigenvalue weighted by Crippen LogP contribution is 2.23. The SMILES string of the molecule is CC(=O)N1CCN(S(=O)(=O)c2cccc(C(=O)Nc3cc([N+](=O)[O-])ccc3F)c2)CC1. The van der Waals surface area contributed by atoms with Gasteiger partial charge in [0.25, 0.3) is 11.6 Å². The van der Waals surface area contributed by atoms with Crippen LogP contribution in [0.1, 0.15) is 17.3 Å². The third kappa shape index (κ3) is 4.86. The normalized spacial score (nSPS) is 14.8. The molecule has 2 aromatic rings. The molecule has 0 atom stereocenters. The Hall–Kier alpha value is -3.38. The predicted molar refractivity (Wildman–Crippen MR) is 108 cm³/mol. The lowest BCUT2D eigenvalue weighted by Crippen LogP contribution is -2.49. The number of carbonyl (C=O) groups excluding carboxylic acids is 2. The Kier molecular flexibility index (Phi) is 6.32. The number of nitrogens with one attached hydrogen (secondary N) is 1. The number of nitro groups is 1. The molecule has 0 radical (unpaired) electrons. The van der Waals surface area contributed by atoms with Crippen molar-refractivity contribution in [1.82, 2.24) is 9.21 Å². The number of piperazine rings is 1. The molecule has 0 unspecified atom stereocenters. The van der Waals surface area contributed by atoms with Crippen molar-refractivity contribution >= 4 is 33.2 Å². The number of benzene rings is 2. The molecule has 164 valence electrons. The van der Waals surface area contributed by atoms with Gasteiger partial charge < -0.3 is 10.2 Å². The second-order valence-electron chi connectivity index (χ2n) is 6.81. The number of carbonyl (C=O) groups is 2. The molecule has 31 heavy (non-hydrogen) atoms. The van der Waals surface area contributed by atoms with Gasteiger partial charge in [0.05, 0.1) is 15.5 Å². The van der Waals surface area contributed by atoms with Crippen LogP contribution in [0.2, 0.25) is 0 Å². The van der Waals surface area contributed by atoms with Gasteiger partial charge in [0.1, 0.15) is 5.82 Å². The Morgan fingerprint density at radius 1 is 1.10 bits per heavy atom. The maximum Gasteiger partial charge on any atom is 0.271 e. The summed E-state index contributed by atoms with van der Waals surface area (Å²) in [5, 5.41) is 13.1. The highest BCUT2D eigenvalue weighted by atomic mass is 32.2. The van der Waals surface area contributed by atoms with Gasteiger partial charge in [-0.15, -0.1) is 0 Å². The standard InChI is InChI=1S/C19H19FN4O6S/c1-13(25)22-7-9-23(10-8-22)31(29,30)16-4-2-3-14(11-16)19(26)21-18-12-15(24(27)28)5-6-17(18)20/h2-6,11-12H,7-10H2,1H3,(H,21,26). The van der Waals surface area contributed by atoms with Gasteiger partial charge in [0.2, 0.25) is 15.9 Å². The Morgan fingerprint density at radius 3 is 2.39 bits per heavy atom. The largest absolute Gasteiger partial charge is 0.340 e. The molecular weight excluding hydrogens is 431 g/mol. The Bertz CT molecular complexity index is 1150. The van der Waals surface area contributed by atoms with E-state index in [0.29, 0.717) is 0 Å². The molecule has 1 saturated heterocycles. The van der Waals surface area contributed by atoms with Gasteiger partial charge in [0.15, 0.2) is 0 Å². The van der Waals surface area contributed by atoms with E-state index < -0.39 is 38.0 Å². The minimum Gasteiger partial charge on any atom is -0.340 e. The van der Waals surface area contributed by atoms with Gasteiger partial charge in [-0.2, -0.15) is 4.31 Å². The molecule has 10 nitrogen and oxygen atoms in total. The number of amides is 2. The number of hydrogen-bond acceptors (Lipinski definition) is 6. The summed E-state index contributed by atoms with van der Waals surface area (Å²) in [5.74, 6) is -1.83. The molecule has 2 amide bonds. The molecule has 0 saturated carbocycles. The van der Waals surface area contributed by atoms with Crippen LogP contribution >= 0.6 is 0 Å². The quantitative estimate of drug-likeness (QED) is 0.546. The Morgan fingerprint density at radius 2 is 1.77 bits per heavy atom. The first-order chi connectivity index (χ1) is 14.6. The molecule has 1 aliphatic heterocycles. The van der Waals surface area contributed by atoms with E-state index in [9.17, 15) is 32.5 Å². The van der Waals surface area contributed by atoms with Crippen LogP contribution in [0.5, 0.6) is 0 Å². The van der Waals surface area contributed by atoms with E-state index in [1.54, 1.807) is 4.90 Å². The number of non-ortho nitro benzene ring substituents is 1. The Balaban J connectivity index is 1.80. The van der Waals surface area contributed by atoms with Gasteiger partial charge >= 0.3 is 0 Å². The van der Waals surface area contributed by atoms with Crippen LogP contribution < -0.4 is 5.32 Å². The van der Waals surface area contributed by atoms with Crippen molar-refractivity contribution in [3.05, 3.63) is 64.0 Å². The summed E-state index contributed by atoms with van der Waals surface area (Å²) in [7, 11) is -3.91. The van der Waals surface area contributed by atoms with Crippen LogP contribution in [0, 0.1) is 15.9 Å². The van der Waals surface area contributed by atoms with Gasteiger partial charge in [-0.3, -0.25) is 19.7 Å². The fourth-order valence-electron chi connectivity index (χ4n) is 3.11. The summed E-state index contributed by atoms with van der Waals surface area (Å²) < 4.78 is 41.0. The topological polar surface area (TPSA) is 130 Å². The maximum absolute atomic E-state index is 13.9. The van der Waals surface area contributed by atoms with E-state index in [4.69, 9.17) is 0 Å². The molecule has 3 rings (SSSR count). The number of halogens is 1. The summed E-state index contributed by atoms with van der Waals surface area (Å²) in [4.78, 5) is 35.5. The molecule has 1 aliphatic rings. The molecule has 12 heteroatoms. The second kappa shape index (κ2) is 8.78. The summed E-state index contributed by atoms with van der Waals surface area (Å²) in [6.07, 6.45) is 0. The monoisotopic (exact) mass is 450 g/mol. The summed E-state index contributed by atoms with van der Waals surface area (Å²) in [5.41, 5.74) is -0.861. The highest BCUT2D eigenvalue weighted by Gasteiger charge is 2.29. The lowest BCUT2D eigenvalue weighted by molar-refractivity contribution is -0.384. The van der Waals surface area contributed by atoms with Crippen LogP contribution in [0.4, 0.5) is 15.8 Å². The van der Waals surface area contributed by atoms with Crippen molar-refractivity contribution in [2.45, 2.75) is 11.8 Å². The zero-order chi connectivity index (χ0) is 22.8. The number of anilines is 1. The van der Waals surface area contributed by atoms with Crippen LogP contribution in [0.25, 0.3) is 0 Å². The number of sulfonamides is 1. The van der Waals surface area contributed by atoms with E-state index in [-0.39, 0.29) is 42.5 Å². The molecule has 0 aliphatic carbocycles. The smallest absolute Gasteiger partial charge is 0.271 e. The van der Waals surface area contributed by atoms with Crippen molar-refractivity contribution in [2.24, 2.45) is 0 Å². The molecule has 1 heterocycles. The zero-order valence-corrected chi connectivity index (χ0v) is 17.3. The third-order valence-electron chi connectivity index (χ3n) is 4.83. The van der Waals surface area contributed by atoms with Gasteiger partial charge in [-0.1, -0.05) is 6.07 Å². The first-order valence-corrected chi connectivity index (χ1v) is 10.6. The molecule has 2 aromatic carbocycles. The minimum absolute atomic E-state index is 0.0608. The van der Waals surface area contributed by atoms with E-state index >= 15 is 0 Å². The zero-order valence-electron chi connectivity index (χ0n) is 16.4. The molecule has 1 N–H and O–H groups in total. The molecule has 1 fully saturated rings. The molecule has 0 bridgehead atoms. The summed E-state index contributed by atoms with van der Waals surface area (Å²) in [6.45, 7) is 2.19. The van der Waals surface area contributed by atoms with Crippen molar-refractivity contribution in [3.8, 4) is 0 Å². The number of nitrogens with zero attached hydrogens (tertiary/aromatic N) is 3. The number of rotatable bonds is 5. The van der Waals surface area contributed by atoms with Gasteiger partial charge in [0, 0.05) is 50.8 Å². The predicted octanol–water partition coefficient (Wildman–Crippen LogP) is 1.84. The fraction of sp³-hybridized carbons (Fsp3) is 0.263. The molecule has 0 spiro atoms. The van der Waals surface area contributed by atoms with Crippen molar-refractivity contribution in [2.75, 3.05) is 31.5 Å². The molecule has 0 aromatic heterocycles. The van der Waals surface area contributed by atoms with Crippen LogP contribution in [0.3, 0.4) is 0 Å². The van der Waals surface area contributed by atoms with E-state index in [0.717, 1.165) is 24.3 Å². The van der Waals surface area contributed by atoms with Crippen LogP contribution in [0.15, 0.2) is 47.4 Å². The van der Waals surface area contributed by atoms with Crippen LogP contribution in [-0.2, 0) is 14.8 Å². The van der Waals surface area contributed by atoms with E-state index in [1.165, 1.54) is 29.4 Å². The van der Waals surface area contributed by atoms with Crippen molar-refractivity contribution < 1.29 is 27.3 Å².